The molecule has 8 nitrogen and oxygen atoms in total. The number of thioether (sulfide) groups is 1. The second-order valence-corrected chi connectivity index (χ2v) is 12.5. The Morgan fingerprint density at radius 2 is 1.67 bits per heavy atom. The number of aromatic nitrogens is 2. The number of fused-ring (bicyclic) bond motifs is 1. The van der Waals surface area contributed by atoms with E-state index < -0.39 is 10.0 Å². The lowest BCUT2D eigenvalue weighted by atomic mass is 10.1. The second-order valence-electron chi connectivity index (χ2n) is 9.60. The van der Waals surface area contributed by atoms with Gasteiger partial charge in [-0.05, 0) is 80.3 Å². The molecule has 0 aliphatic carbocycles. The summed E-state index contributed by atoms with van der Waals surface area (Å²) in [7, 11) is -3.54. The van der Waals surface area contributed by atoms with Crippen molar-refractivity contribution in [2.24, 2.45) is 0 Å². The number of nitrogens with one attached hydrogen (secondary N) is 1. The molecule has 0 unspecified atom stereocenters. The van der Waals surface area contributed by atoms with Crippen LogP contribution in [0.25, 0.3) is 16.6 Å². The highest BCUT2D eigenvalue weighted by atomic mass is 32.2. The van der Waals surface area contributed by atoms with E-state index in [4.69, 9.17) is 4.98 Å². The number of carbonyl (C=O) groups excluding carboxylic acids is 1. The van der Waals surface area contributed by atoms with Gasteiger partial charge in [-0.25, -0.2) is 13.4 Å². The summed E-state index contributed by atoms with van der Waals surface area (Å²) in [5, 5.41) is 3.75. The molecule has 4 aromatic rings. The number of anilines is 1. The Hall–Kier alpha value is -3.47. The van der Waals surface area contributed by atoms with Gasteiger partial charge in [-0.15, -0.1) is 0 Å². The third kappa shape index (κ3) is 5.63. The molecule has 0 saturated carbocycles. The molecule has 0 bridgehead atoms. The van der Waals surface area contributed by atoms with E-state index in [2.05, 4.69) is 5.32 Å². The molecule has 202 valence electrons. The lowest BCUT2D eigenvalue weighted by Gasteiger charge is -2.25. The molecule has 3 aromatic carbocycles. The summed E-state index contributed by atoms with van der Waals surface area (Å²) in [6.45, 7) is 5.02. The van der Waals surface area contributed by atoms with Crippen LogP contribution in [0.15, 0.2) is 81.6 Å². The van der Waals surface area contributed by atoms with Crippen LogP contribution < -0.4 is 10.9 Å². The maximum absolute atomic E-state index is 13.5. The van der Waals surface area contributed by atoms with Crippen LogP contribution in [0, 0.1) is 13.8 Å². The first-order valence-corrected chi connectivity index (χ1v) is 15.3. The molecule has 1 aliphatic rings. The number of hydrogen-bond donors (Lipinski definition) is 1. The summed E-state index contributed by atoms with van der Waals surface area (Å²) in [4.78, 5) is 31.3. The topological polar surface area (TPSA) is 101 Å². The summed E-state index contributed by atoms with van der Waals surface area (Å²) in [5.41, 5.74) is 3.61. The second kappa shape index (κ2) is 11.3. The van der Waals surface area contributed by atoms with Crippen LogP contribution in [0.5, 0.6) is 0 Å². The van der Waals surface area contributed by atoms with Crippen molar-refractivity contribution in [1.29, 1.82) is 0 Å². The van der Waals surface area contributed by atoms with E-state index in [0.717, 1.165) is 36.1 Å². The minimum Gasteiger partial charge on any atom is -0.325 e. The third-order valence-electron chi connectivity index (χ3n) is 6.99. The average molecular weight is 563 g/mol. The molecule has 0 spiro atoms. The first-order chi connectivity index (χ1) is 18.8. The zero-order chi connectivity index (χ0) is 27.6. The number of rotatable bonds is 7. The zero-order valence-corrected chi connectivity index (χ0v) is 23.5. The molecule has 0 radical (unpaired) electrons. The maximum Gasteiger partial charge on any atom is 0.266 e. The minimum atomic E-state index is -3.54. The van der Waals surface area contributed by atoms with Crippen LogP contribution in [-0.4, -0.2) is 47.0 Å². The first kappa shape index (κ1) is 27.1. The van der Waals surface area contributed by atoms with Crippen molar-refractivity contribution in [1.82, 2.24) is 13.9 Å². The predicted molar refractivity (Wildman–Crippen MR) is 155 cm³/mol. The Morgan fingerprint density at radius 3 is 2.41 bits per heavy atom. The third-order valence-corrected chi connectivity index (χ3v) is 9.84. The molecule has 10 heteroatoms. The number of piperidine rings is 1. The molecule has 1 fully saturated rings. The summed E-state index contributed by atoms with van der Waals surface area (Å²) in [6.07, 6.45) is 2.78. The highest BCUT2D eigenvalue weighted by Gasteiger charge is 2.25. The summed E-state index contributed by atoms with van der Waals surface area (Å²) in [5.74, 6) is -0.273. The predicted octanol–water partition coefficient (Wildman–Crippen LogP) is 4.91. The van der Waals surface area contributed by atoms with Gasteiger partial charge >= 0.3 is 0 Å². The lowest BCUT2D eigenvalue weighted by molar-refractivity contribution is -0.113. The van der Waals surface area contributed by atoms with Crippen LogP contribution in [0.2, 0.25) is 0 Å². The molecule has 0 atom stereocenters. The Labute approximate surface area is 232 Å². The number of nitrogens with zero attached hydrogens (tertiary/aromatic N) is 3. The van der Waals surface area contributed by atoms with Crippen molar-refractivity contribution in [2.75, 3.05) is 24.2 Å². The van der Waals surface area contributed by atoms with Gasteiger partial charge in [0, 0.05) is 18.8 Å². The smallest absolute Gasteiger partial charge is 0.266 e. The van der Waals surface area contributed by atoms with Crippen LogP contribution in [0.4, 0.5) is 5.69 Å². The Bertz CT molecular complexity index is 1690. The monoisotopic (exact) mass is 562 g/mol. The molecule has 1 saturated heterocycles. The number of hydrogen-bond acceptors (Lipinski definition) is 6. The Balaban J connectivity index is 1.35. The SMILES string of the molecule is Cc1cccc(-n2c(SCC(=O)Nc3ccc(S(=O)(=O)N4CCCCC4)cc3)nc3ccccc3c2=O)c1C. The highest BCUT2D eigenvalue weighted by molar-refractivity contribution is 7.99. The molecule has 1 aliphatic heterocycles. The fraction of sp³-hybridized carbons (Fsp3) is 0.276. The first-order valence-electron chi connectivity index (χ1n) is 12.9. The quantitative estimate of drug-likeness (QED) is 0.254. The van der Waals surface area contributed by atoms with Gasteiger partial charge in [-0.1, -0.05) is 42.4 Å². The molecule has 1 amide bonds. The maximum atomic E-state index is 13.5. The van der Waals surface area contributed by atoms with Gasteiger partial charge in [0.2, 0.25) is 15.9 Å². The number of carbonyl (C=O) groups is 1. The lowest BCUT2D eigenvalue weighted by Crippen LogP contribution is -2.35. The van der Waals surface area contributed by atoms with Crippen LogP contribution in [-0.2, 0) is 14.8 Å². The summed E-state index contributed by atoms with van der Waals surface area (Å²) < 4.78 is 28.9. The van der Waals surface area contributed by atoms with Gasteiger partial charge in [0.05, 0.1) is 27.2 Å². The molecular formula is C29H30N4O4S2. The van der Waals surface area contributed by atoms with Gasteiger partial charge in [-0.3, -0.25) is 14.2 Å². The van der Waals surface area contributed by atoms with E-state index in [1.807, 2.05) is 44.2 Å². The van der Waals surface area contributed by atoms with E-state index in [1.165, 1.54) is 28.2 Å². The molecule has 1 aromatic heterocycles. The van der Waals surface area contributed by atoms with Crippen LogP contribution in [0.1, 0.15) is 30.4 Å². The number of sulfonamides is 1. The number of benzene rings is 3. The summed E-state index contributed by atoms with van der Waals surface area (Å²) in [6, 6.07) is 19.2. The van der Waals surface area contributed by atoms with Crippen molar-refractivity contribution in [3.05, 3.63) is 88.2 Å². The fourth-order valence-corrected chi connectivity index (χ4v) is 7.01. The van der Waals surface area contributed by atoms with Gasteiger partial charge in [0.1, 0.15) is 0 Å². The Morgan fingerprint density at radius 1 is 0.949 bits per heavy atom. The van der Waals surface area contributed by atoms with Crippen molar-refractivity contribution in [3.8, 4) is 5.69 Å². The molecular weight excluding hydrogens is 532 g/mol. The van der Waals surface area contributed by atoms with Crippen LogP contribution >= 0.6 is 11.8 Å². The number of aryl methyl sites for hydroxylation is 1. The van der Waals surface area contributed by atoms with Crippen molar-refractivity contribution >= 4 is 44.3 Å². The van der Waals surface area contributed by atoms with Crippen molar-refractivity contribution in [3.63, 3.8) is 0 Å². The van der Waals surface area contributed by atoms with Crippen LogP contribution in [0.3, 0.4) is 0 Å². The van der Waals surface area contributed by atoms with Gasteiger partial charge in [0.25, 0.3) is 5.56 Å². The van der Waals surface area contributed by atoms with E-state index in [0.29, 0.717) is 34.8 Å². The minimum absolute atomic E-state index is 0.0173. The van der Waals surface area contributed by atoms with E-state index in [9.17, 15) is 18.0 Å². The van der Waals surface area contributed by atoms with E-state index in [-0.39, 0.29) is 22.1 Å². The zero-order valence-electron chi connectivity index (χ0n) is 21.9. The summed E-state index contributed by atoms with van der Waals surface area (Å²) >= 11 is 1.18. The molecule has 2 heterocycles. The standard InChI is InChI=1S/C29H30N4O4S2/c1-20-9-8-12-26(21(20)2)33-28(35)24-10-4-5-11-25(24)31-29(33)38-19-27(34)30-22-13-15-23(16-14-22)39(36,37)32-17-6-3-7-18-32/h4-5,8-16H,3,6-7,17-19H2,1-2H3,(H,30,34). The largest absolute Gasteiger partial charge is 0.325 e. The van der Waals surface area contributed by atoms with E-state index >= 15 is 0 Å². The van der Waals surface area contributed by atoms with E-state index in [1.54, 1.807) is 28.8 Å². The number of amides is 1. The normalized spacial score (nSPS) is 14.4. The molecule has 39 heavy (non-hydrogen) atoms. The van der Waals surface area contributed by atoms with Gasteiger partial charge in [-0.2, -0.15) is 4.31 Å². The highest BCUT2D eigenvalue weighted by Crippen LogP contribution is 2.25. The Kier molecular flexibility index (Phi) is 7.88. The number of para-hydroxylation sites is 1. The van der Waals surface area contributed by atoms with Crippen molar-refractivity contribution in [2.45, 2.75) is 43.2 Å². The fourth-order valence-electron chi connectivity index (χ4n) is 4.69. The van der Waals surface area contributed by atoms with Gasteiger partial charge in [0.15, 0.2) is 5.16 Å². The van der Waals surface area contributed by atoms with Gasteiger partial charge < -0.3 is 5.32 Å². The molecule has 5 rings (SSSR count). The van der Waals surface area contributed by atoms with Crippen molar-refractivity contribution < 1.29 is 13.2 Å². The molecule has 1 N–H and O–H groups in total. The average Bonchev–Trinajstić information content (AvgIpc) is 2.95.